The van der Waals surface area contributed by atoms with E-state index in [-0.39, 0.29) is 11.4 Å². The van der Waals surface area contributed by atoms with Gasteiger partial charge in [-0.1, -0.05) is 11.6 Å². The first-order valence-electron chi connectivity index (χ1n) is 5.40. The topological polar surface area (TPSA) is 62.2 Å². The van der Waals surface area contributed by atoms with E-state index in [1.165, 1.54) is 12.3 Å². The number of nitrogens with zero attached hydrogens (tertiary/aromatic N) is 1. The lowest BCUT2D eigenvalue weighted by atomic mass is 10.2. The Morgan fingerprint density at radius 1 is 1.47 bits per heavy atom. The molecule has 0 aliphatic rings. The Morgan fingerprint density at radius 2 is 2.21 bits per heavy atom. The van der Waals surface area contributed by atoms with E-state index in [0.717, 1.165) is 5.56 Å². The summed E-state index contributed by atoms with van der Waals surface area (Å²) in [7, 11) is 0. The average molecular weight is 342 g/mol. The van der Waals surface area contributed by atoms with Crippen molar-refractivity contribution in [2.75, 3.05) is 5.32 Å². The fourth-order valence-corrected chi connectivity index (χ4v) is 2.22. The molecule has 4 nitrogen and oxygen atoms in total. The molecule has 98 valence electrons. The van der Waals surface area contributed by atoms with Crippen LogP contribution in [0.15, 0.2) is 34.9 Å². The molecule has 0 aliphatic heterocycles. The molecule has 1 amide bonds. The maximum Gasteiger partial charge on any atom is 0.278 e. The summed E-state index contributed by atoms with van der Waals surface area (Å²) in [5, 5.41) is 12.8. The zero-order valence-corrected chi connectivity index (χ0v) is 12.3. The number of carbonyl (C=O) groups is 1. The number of carbonyl (C=O) groups excluding carboxylic acids is 1. The largest absolute Gasteiger partial charge is 0.505 e. The third-order valence-corrected chi connectivity index (χ3v) is 3.56. The number of benzene rings is 1. The molecule has 0 radical (unpaired) electrons. The Kier molecular flexibility index (Phi) is 4.07. The number of nitrogens with one attached hydrogen (secondary N) is 1. The first kappa shape index (κ1) is 13.8. The van der Waals surface area contributed by atoms with Crippen molar-refractivity contribution in [1.29, 1.82) is 0 Å². The van der Waals surface area contributed by atoms with Crippen molar-refractivity contribution in [3.8, 4) is 5.75 Å². The van der Waals surface area contributed by atoms with Gasteiger partial charge in [0.05, 0.1) is 5.69 Å². The molecule has 0 bridgehead atoms. The number of hydrogen-bond acceptors (Lipinski definition) is 3. The van der Waals surface area contributed by atoms with E-state index in [9.17, 15) is 9.90 Å². The van der Waals surface area contributed by atoms with Crippen LogP contribution in [0.4, 0.5) is 5.69 Å². The molecule has 0 unspecified atom stereocenters. The minimum Gasteiger partial charge on any atom is -0.505 e. The molecule has 2 aromatic rings. The smallest absolute Gasteiger partial charge is 0.278 e. The molecule has 1 aromatic carbocycles. The molecule has 1 heterocycles. The minimum absolute atomic E-state index is 0.0360. The molecule has 0 fully saturated rings. The van der Waals surface area contributed by atoms with E-state index in [2.05, 4.69) is 26.2 Å². The quantitative estimate of drug-likeness (QED) is 0.874. The summed E-state index contributed by atoms with van der Waals surface area (Å²) < 4.78 is 0.707. The number of pyridine rings is 1. The zero-order valence-electron chi connectivity index (χ0n) is 9.95. The van der Waals surface area contributed by atoms with Crippen LogP contribution in [0, 0.1) is 6.92 Å². The Hall–Kier alpha value is -1.59. The van der Waals surface area contributed by atoms with Crippen molar-refractivity contribution in [3.63, 3.8) is 0 Å². The molecular formula is C13H10BrClN2O2. The van der Waals surface area contributed by atoms with Gasteiger partial charge in [-0.25, -0.2) is 4.98 Å². The molecule has 19 heavy (non-hydrogen) atoms. The van der Waals surface area contributed by atoms with Gasteiger partial charge in [0.2, 0.25) is 0 Å². The highest BCUT2D eigenvalue weighted by atomic mass is 79.9. The maximum absolute atomic E-state index is 12.0. The van der Waals surface area contributed by atoms with Gasteiger partial charge in [0.1, 0.15) is 5.75 Å². The SMILES string of the molecule is Cc1cc(Br)c(NC(=O)c2ncccc2O)cc1Cl. The van der Waals surface area contributed by atoms with Crippen molar-refractivity contribution in [3.05, 3.63) is 51.2 Å². The van der Waals surface area contributed by atoms with Crippen LogP contribution in [0.25, 0.3) is 0 Å². The van der Waals surface area contributed by atoms with Crippen LogP contribution in [0.3, 0.4) is 0 Å². The Bertz CT molecular complexity index is 647. The van der Waals surface area contributed by atoms with E-state index in [1.807, 2.05) is 6.92 Å². The lowest BCUT2D eigenvalue weighted by Gasteiger charge is -2.09. The van der Waals surface area contributed by atoms with Gasteiger partial charge in [-0.3, -0.25) is 4.79 Å². The van der Waals surface area contributed by atoms with E-state index >= 15 is 0 Å². The van der Waals surface area contributed by atoms with Gasteiger partial charge in [-0.2, -0.15) is 0 Å². The van der Waals surface area contributed by atoms with Gasteiger partial charge >= 0.3 is 0 Å². The Labute approximate surface area is 123 Å². The predicted octanol–water partition coefficient (Wildman–Crippen LogP) is 3.76. The van der Waals surface area contributed by atoms with Crippen LogP contribution >= 0.6 is 27.5 Å². The second-order valence-electron chi connectivity index (χ2n) is 3.91. The minimum atomic E-state index is -0.501. The van der Waals surface area contributed by atoms with Crippen molar-refractivity contribution >= 4 is 39.1 Å². The lowest BCUT2D eigenvalue weighted by Crippen LogP contribution is -2.14. The van der Waals surface area contributed by atoms with Crippen LogP contribution in [-0.4, -0.2) is 16.0 Å². The molecule has 2 rings (SSSR count). The molecule has 0 saturated carbocycles. The second kappa shape index (κ2) is 5.59. The number of aromatic hydroxyl groups is 1. The van der Waals surface area contributed by atoms with E-state index in [4.69, 9.17) is 11.6 Å². The summed E-state index contributed by atoms with van der Waals surface area (Å²) >= 11 is 9.35. The number of aryl methyl sites for hydroxylation is 1. The first-order chi connectivity index (χ1) is 8.99. The van der Waals surface area contributed by atoms with Crippen molar-refractivity contribution in [2.45, 2.75) is 6.92 Å². The van der Waals surface area contributed by atoms with Gasteiger partial charge in [0, 0.05) is 15.7 Å². The number of anilines is 1. The fraction of sp³-hybridized carbons (Fsp3) is 0.0769. The molecule has 0 spiro atoms. The fourth-order valence-electron chi connectivity index (χ4n) is 1.50. The van der Waals surface area contributed by atoms with E-state index in [0.29, 0.717) is 15.2 Å². The van der Waals surface area contributed by atoms with Gasteiger partial charge in [0.25, 0.3) is 5.91 Å². The molecule has 2 N–H and O–H groups in total. The van der Waals surface area contributed by atoms with E-state index in [1.54, 1.807) is 18.2 Å². The highest BCUT2D eigenvalue weighted by molar-refractivity contribution is 9.10. The zero-order chi connectivity index (χ0) is 14.0. The molecule has 0 atom stereocenters. The standard InChI is InChI=1S/C13H10BrClN2O2/c1-7-5-8(14)10(6-9(7)15)17-13(19)12-11(18)3-2-4-16-12/h2-6,18H,1H3,(H,17,19). The highest BCUT2D eigenvalue weighted by Gasteiger charge is 2.14. The van der Waals surface area contributed by atoms with Crippen molar-refractivity contribution < 1.29 is 9.90 Å². The number of rotatable bonds is 2. The van der Waals surface area contributed by atoms with Crippen LogP contribution in [0.2, 0.25) is 5.02 Å². The predicted molar refractivity (Wildman–Crippen MR) is 77.7 cm³/mol. The van der Waals surface area contributed by atoms with Gasteiger partial charge < -0.3 is 10.4 Å². The number of aromatic nitrogens is 1. The summed E-state index contributed by atoms with van der Waals surface area (Å²) in [6, 6.07) is 6.39. The van der Waals surface area contributed by atoms with Crippen molar-refractivity contribution in [1.82, 2.24) is 4.98 Å². The summed E-state index contributed by atoms with van der Waals surface area (Å²) in [4.78, 5) is 15.8. The summed E-state index contributed by atoms with van der Waals surface area (Å²) in [6.07, 6.45) is 1.44. The van der Waals surface area contributed by atoms with E-state index < -0.39 is 5.91 Å². The van der Waals surface area contributed by atoms with Crippen LogP contribution in [-0.2, 0) is 0 Å². The van der Waals surface area contributed by atoms with Crippen LogP contribution < -0.4 is 5.32 Å². The normalized spacial score (nSPS) is 10.3. The van der Waals surface area contributed by atoms with Gasteiger partial charge in [-0.05, 0) is 52.7 Å². The number of halogens is 2. The Morgan fingerprint density at radius 3 is 2.89 bits per heavy atom. The molecule has 1 aromatic heterocycles. The van der Waals surface area contributed by atoms with Crippen LogP contribution in [0.5, 0.6) is 5.75 Å². The second-order valence-corrected chi connectivity index (χ2v) is 5.17. The highest BCUT2D eigenvalue weighted by Crippen LogP contribution is 2.29. The first-order valence-corrected chi connectivity index (χ1v) is 6.57. The van der Waals surface area contributed by atoms with Crippen molar-refractivity contribution in [2.24, 2.45) is 0 Å². The molecule has 6 heteroatoms. The third kappa shape index (κ3) is 3.05. The summed E-state index contributed by atoms with van der Waals surface area (Å²) in [5.74, 6) is -0.673. The lowest BCUT2D eigenvalue weighted by molar-refractivity contribution is 0.101. The third-order valence-electron chi connectivity index (χ3n) is 2.50. The Balaban J connectivity index is 2.30. The monoisotopic (exact) mass is 340 g/mol. The number of hydrogen-bond donors (Lipinski definition) is 2. The van der Waals surface area contributed by atoms with Gasteiger partial charge in [-0.15, -0.1) is 0 Å². The average Bonchev–Trinajstić information content (AvgIpc) is 2.36. The maximum atomic E-state index is 12.0. The summed E-state index contributed by atoms with van der Waals surface area (Å²) in [5.41, 5.74) is 1.38. The number of amides is 1. The summed E-state index contributed by atoms with van der Waals surface area (Å²) in [6.45, 7) is 1.86. The molecule has 0 saturated heterocycles. The molecule has 0 aliphatic carbocycles. The molecular weight excluding hydrogens is 332 g/mol. The van der Waals surface area contributed by atoms with Crippen LogP contribution in [0.1, 0.15) is 16.1 Å². The van der Waals surface area contributed by atoms with Gasteiger partial charge in [0.15, 0.2) is 5.69 Å².